The van der Waals surface area contributed by atoms with Crippen LogP contribution in [0.1, 0.15) is 111 Å². The number of carbonyl (C=O) groups excluding carboxylic acids is 5. The summed E-state index contributed by atoms with van der Waals surface area (Å²) in [5, 5.41) is 102. The van der Waals surface area contributed by atoms with Gasteiger partial charge >= 0.3 is 29.8 Å². The molecule has 0 aliphatic carbocycles. The maximum Gasteiger partial charge on any atom is 0.335 e. The molecule has 0 aliphatic rings. The number of carboxylic acids is 5. The number of carbonyl (C=O) groups is 10. The third-order valence-electron chi connectivity index (χ3n) is 14.6. The van der Waals surface area contributed by atoms with Crippen LogP contribution in [-0.2, 0) is 9.84 Å². The van der Waals surface area contributed by atoms with Gasteiger partial charge in [-0.15, -0.1) is 20.4 Å². The zero-order valence-corrected chi connectivity index (χ0v) is 60.0. The van der Waals surface area contributed by atoms with Crippen molar-refractivity contribution in [2.24, 2.45) is 0 Å². The van der Waals surface area contributed by atoms with E-state index in [1.165, 1.54) is 159 Å². The molecule has 12 aromatic rings. The number of aromatic carboxylic acids is 5. The molecule has 0 radical (unpaired) electrons. The van der Waals surface area contributed by atoms with E-state index >= 15 is 0 Å². The summed E-state index contributed by atoms with van der Waals surface area (Å²) in [5.41, 5.74) is 5.00. The number of aromatic nitrogens is 16. The van der Waals surface area contributed by atoms with Gasteiger partial charge in [0.1, 0.15) is 0 Å². The Labute approximate surface area is 629 Å². The number of hydrogen-bond donors (Lipinski definition) is 5. The average molecular weight is 1570 g/mol. The number of non-ortho nitro benzene ring substituents is 1. The van der Waals surface area contributed by atoms with E-state index in [0.29, 0.717) is 71.2 Å². The van der Waals surface area contributed by atoms with Crippen LogP contribution in [0, 0.1) is 10.1 Å². The molecular formula is C68H51N17O19S5. The predicted molar refractivity (Wildman–Crippen MR) is 387 cm³/mol. The summed E-state index contributed by atoms with van der Waals surface area (Å²) < 4.78 is 28.6. The van der Waals surface area contributed by atoms with Crippen LogP contribution in [-0.4, -0.2) is 208 Å². The molecule has 0 amide bonds. The monoisotopic (exact) mass is 1570 g/mol. The van der Waals surface area contributed by atoms with E-state index in [1.54, 1.807) is 72.8 Å². The molecular weight excluding hydrogens is 1520 g/mol. The lowest BCUT2D eigenvalue weighted by Crippen LogP contribution is -2.06. The van der Waals surface area contributed by atoms with E-state index in [0.717, 1.165) is 41.5 Å². The van der Waals surface area contributed by atoms with Crippen LogP contribution < -0.4 is 0 Å². The highest BCUT2D eigenvalue weighted by Gasteiger charge is 2.21. The summed E-state index contributed by atoms with van der Waals surface area (Å²) in [6.45, 7) is 1.47. The van der Waals surface area contributed by atoms with Crippen molar-refractivity contribution in [3.63, 3.8) is 0 Å². The first-order valence-corrected chi connectivity index (χ1v) is 36.6. The SMILES string of the molecule is CC(=O)c1ccc(C(=O)CSc2nnnn2-c2ccc(C(=O)O)cc2)cc1.CS(=O)(=O)c1ccc(C(=O)CSc2nnnn2-c2ccc(C(=O)O)cc2)cc1.O=C(O)c1ccc(-n2nnnc2SCC(=O)c2ccc([N+](=O)[O-])cc2)cc1.O=C(O)c1ccc(C(=O)CSc2nnnn2-c2ccc(C(=O)O)cc2)cc1. The Morgan fingerprint density at radius 2 is 0.541 bits per heavy atom. The molecule has 0 fully saturated rings. The fourth-order valence-electron chi connectivity index (χ4n) is 8.91. The van der Waals surface area contributed by atoms with E-state index in [1.807, 2.05) is 0 Å². The second kappa shape index (κ2) is 37.0. The Balaban J connectivity index is 0.000000167. The molecule has 41 heteroatoms. The molecule has 36 nitrogen and oxygen atoms in total. The molecule has 0 spiro atoms. The van der Waals surface area contributed by atoms with Gasteiger partial charge in [0.05, 0.1) is 83.4 Å². The molecule has 552 valence electrons. The van der Waals surface area contributed by atoms with Crippen molar-refractivity contribution in [2.75, 3.05) is 29.3 Å². The highest BCUT2D eigenvalue weighted by molar-refractivity contribution is 8.00. The molecule has 0 atom stereocenters. The van der Waals surface area contributed by atoms with Crippen LogP contribution >= 0.6 is 47.0 Å². The molecule has 0 unspecified atom stereocenters. The number of tetrazole rings is 4. The molecule has 0 saturated heterocycles. The van der Waals surface area contributed by atoms with Crippen molar-refractivity contribution in [1.82, 2.24) is 80.8 Å². The van der Waals surface area contributed by atoms with Crippen LogP contribution in [0.15, 0.2) is 220 Å². The van der Waals surface area contributed by atoms with Crippen LogP contribution in [0.4, 0.5) is 5.69 Å². The second-order valence-electron chi connectivity index (χ2n) is 21.9. The van der Waals surface area contributed by atoms with E-state index in [2.05, 4.69) is 62.1 Å². The molecule has 5 N–H and O–H groups in total. The lowest BCUT2D eigenvalue weighted by molar-refractivity contribution is -0.384. The number of carboxylic acid groups (broad SMARTS) is 5. The first-order valence-electron chi connectivity index (χ1n) is 30.7. The van der Waals surface area contributed by atoms with Crippen molar-refractivity contribution in [3.8, 4) is 22.7 Å². The molecule has 4 aromatic heterocycles. The highest BCUT2D eigenvalue weighted by atomic mass is 32.2. The molecule has 0 bridgehead atoms. The van der Waals surface area contributed by atoms with Gasteiger partial charge in [-0.1, -0.05) is 95.6 Å². The smallest absolute Gasteiger partial charge is 0.335 e. The van der Waals surface area contributed by atoms with Gasteiger partial charge in [0.25, 0.3) is 5.69 Å². The number of nitro groups is 1. The second-order valence-corrected chi connectivity index (χ2v) is 27.7. The molecule has 109 heavy (non-hydrogen) atoms. The van der Waals surface area contributed by atoms with Gasteiger partial charge in [-0.2, -0.15) is 18.7 Å². The summed E-state index contributed by atoms with van der Waals surface area (Å²) in [6, 6.07) is 47.2. The molecule has 0 saturated carbocycles. The minimum Gasteiger partial charge on any atom is -0.478 e. The van der Waals surface area contributed by atoms with Crippen LogP contribution in [0.2, 0.25) is 0 Å². The molecule has 12 rings (SSSR count). The number of ketones is 5. The Morgan fingerprint density at radius 3 is 0.752 bits per heavy atom. The fraction of sp³-hybridized carbons (Fsp3) is 0.0882. The van der Waals surface area contributed by atoms with Crippen molar-refractivity contribution in [1.29, 1.82) is 0 Å². The number of benzene rings is 8. The number of Topliss-reactive ketones (excluding diaryl/α,β-unsaturated/α-hetero) is 5. The first-order chi connectivity index (χ1) is 52.1. The number of thioether (sulfide) groups is 4. The summed E-state index contributed by atoms with van der Waals surface area (Å²) in [4.78, 5) is 125. The van der Waals surface area contributed by atoms with Gasteiger partial charge in [-0.3, -0.25) is 34.1 Å². The van der Waals surface area contributed by atoms with Crippen molar-refractivity contribution < 1.29 is 86.8 Å². The zero-order chi connectivity index (χ0) is 78.5. The summed E-state index contributed by atoms with van der Waals surface area (Å²) in [5.74, 6) is -5.75. The Kier molecular flexibility index (Phi) is 27.0. The largest absolute Gasteiger partial charge is 0.478 e. The standard InChI is InChI=1S/C18H14N4O4S.C17H14N4O5S2.C17H12N4O5S.C16H11N5O5S/c1-11(23)12-2-4-13(5-3-12)16(24)10-27-18-19-20-21-22(18)15-8-6-14(7-9-15)17(25)26;1-28(25,26)14-8-4-11(5-9-14)15(22)10-27-17-18-19-20-21(17)13-6-2-12(3-7-13)16(23)24;22-14(10-1-3-11(4-2-10)15(23)24)9-27-17-18-19-20-21(17)13-7-5-12(6-8-13)16(25)26;22-14(10-1-7-13(8-2-10)21(25)26)9-27-16-17-18-19-20(16)12-5-3-11(4-6-12)15(23)24/h2-9H,10H2,1H3,(H,25,26);2-9H,10H2,1H3,(H,23,24);1-8H,9H2,(H,23,24)(H,25,26);1-8H,9H2,(H,23,24). The van der Waals surface area contributed by atoms with Crippen molar-refractivity contribution >= 4 is 121 Å². The van der Waals surface area contributed by atoms with Gasteiger partial charge in [0.15, 0.2) is 38.8 Å². The normalized spacial score (nSPS) is 10.7. The first kappa shape index (κ1) is 79.6. The van der Waals surface area contributed by atoms with Crippen molar-refractivity contribution in [3.05, 3.63) is 260 Å². The van der Waals surface area contributed by atoms with Gasteiger partial charge in [-0.05, 0) is 182 Å². The van der Waals surface area contributed by atoms with E-state index in [-0.39, 0.29) is 90.3 Å². The van der Waals surface area contributed by atoms with Crippen molar-refractivity contribution in [2.45, 2.75) is 32.4 Å². The Hall–Kier alpha value is -13.5. The van der Waals surface area contributed by atoms with Gasteiger partial charge in [0, 0.05) is 46.2 Å². The summed E-state index contributed by atoms with van der Waals surface area (Å²) >= 11 is 4.50. The topological polar surface area (TPSA) is 524 Å². The Morgan fingerprint density at radius 1 is 0.339 bits per heavy atom. The predicted octanol–water partition coefficient (Wildman–Crippen LogP) is 8.55. The number of rotatable bonds is 28. The van der Waals surface area contributed by atoms with E-state index in [4.69, 9.17) is 25.5 Å². The highest BCUT2D eigenvalue weighted by Crippen LogP contribution is 2.26. The summed E-state index contributed by atoms with van der Waals surface area (Å²) in [7, 11) is -3.32. The minimum absolute atomic E-state index is 0.0331. The third-order valence-corrected chi connectivity index (χ3v) is 19.4. The summed E-state index contributed by atoms with van der Waals surface area (Å²) in [6.07, 6.45) is 1.10. The molecule has 0 aliphatic heterocycles. The van der Waals surface area contributed by atoms with E-state index in [9.17, 15) is 66.5 Å². The molecule has 8 aromatic carbocycles. The third kappa shape index (κ3) is 21.8. The maximum absolute atomic E-state index is 12.4. The molecule has 4 heterocycles. The van der Waals surface area contributed by atoms with E-state index < -0.39 is 44.6 Å². The van der Waals surface area contributed by atoms with Gasteiger partial charge < -0.3 is 25.5 Å². The quantitative estimate of drug-likeness (QED) is 0.0133. The fourth-order valence-corrected chi connectivity index (χ4v) is 12.7. The number of hydrogen-bond acceptors (Lipinski definition) is 30. The lowest BCUT2D eigenvalue weighted by Gasteiger charge is -2.05. The number of nitro benzene ring substituents is 1. The van der Waals surface area contributed by atoms with Crippen LogP contribution in [0.5, 0.6) is 0 Å². The number of sulfone groups is 1. The van der Waals surface area contributed by atoms with Gasteiger partial charge in [0.2, 0.25) is 20.6 Å². The number of nitrogens with zero attached hydrogens (tertiary/aromatic N) is 17. The van der Waals surface area contributed by atoms with Crippen LogP contribution in [0.25, 0.3) is 22.7 Å². The Bertz CT molecular complexity index is 5080. The minimum atomic E-state index is -3.32. The maximum atomic E-state index is 12.4. The lowest BCUT2D eigenvalue weighted by atomic mass is 10.1. The van der Waals surface area contributed by atoms with Crippen LogP contribution in [0.3, 0.4) is 0 Å². The average Bonchev–Trinajstić information content (AvgIpc) is 1.82. The zero-order valence-electron chi connectivity index (χ0n) is 55.9. The van der Waals surface area contributed by atoms with Gasteiger partial charge in [-0.25, -0.2) is 32.4 Å².